The molecule has 1 aromatic heterocycles. The van der Waals surface area contributed by atoms with Crippen molar-refractivity contribution in [2.45, 2.75) is 39.2 Å². The highest BCUT2D eigenvalue weighted by Crippen LogP contribution is 2.30. The topological polar surface area (TPSA) is 45.2 Å². The van der Waals surface area contributed by atoms with Gasteiger partial charge in [-0.15, -0.1) is 0 Å². The number of pyridine rings is 1. The zero-order valence-corrected chi connectivity index (χ0v) is 12.9. The number of hydrogen-bond donors (Lipinski definition) is 1. The van der Waals surface area contributed by atoms with Crippen molar-refractivity contribution >= 4 is 11.6 Å². The van der Waals surface area contributed by atoms with Crippen molar-refractivity contribution in [3.05, 3.63) is 24.0 Å². The van der Waals surface area contributed by atoms with Gasteiger partial charge in [0.05, 0.1) is 0 Å². The predicted molar refractivity (Wildman–Crippen MR) is 81.8 cm³/mol. The number of anilines is 1. The number of amides is 1. The van der Waals surface area contributed by atoms with Crippen LogP contribution in [0.2, 0.25) is 0 Å². The van der Waals surface area contributed by atoms with Crippen LogP contribution in [0.25, 0.3) is 0 Å². The van der Waals surface area contributed by atoms with Crippen LogP contribution < -0.4 is 5.32 Å². The van der Waals surface area contributed by atoms with Gasteiger partial charge in [-0.2, -0.15) is 0 Å². The van der Waals surface area contributed by atoms with Gasteiger partial charge < -0.3 is 10.2 Å². The molecule has 1 heterocycles. The molecule has 1 aromatic rings. The molecular formula is C16H25N3O. The van der Waals surface area contributed by atoms with E-state index in [0.717, 1.165) is 17.5 Å². The van der Waals surface area contributed by atoms with Crippen LogP contribution in [0.5, 0.6) is 0 Å². The van der Waals surface area contributed by atoms with E-state index in [1.807, 2.05) is 12.1 Å². The fourth-order valence-corrected chi connectivity index (χ4v) is 3.17. The van der Waals surface area contributed by atoms with E-state index in [4.69, 9.17) is 0 Å². The van der Waals surface area contributed by atoms with Crippen molar-refractivity contribution in [2.75, 3.05) is 19.4 Å². The maximum atomic E-state index is 11.9. The number of aromatic nitrogens is 1. The molecule has 1 aliphatic rings. The highest BCUT2D eigenvalue weighted by molar-refractivity contribution is 5.92. The maximum absolute atomic E-state index is 11.9. The van der Waals surface area contributed by atoms with Crippen molar-refractivity contribution in [1.29, 1.82) is 0 Å². The van der Waals surface area contributed by atoms with Crippen LogP contribution in [-0.2, 0) is 0 Å². The first-order valence-corrected chi connectivity index (χ1v) is 7.40. The molecule has 2 unspecified atom stereocenters. The Bertz CT molecular complexity index is 463. The van der Waals surface area contributed by atoms with Gasteiger partial charge in [0.1, 0.15) is 5.69 Å². The largest absolute Gasteiger partial charge is 0.382 e. The third-order valence-corrected chi connectivity index (χ3v) is 3.93. The Morgan fingerprint density at radius 2 is 1.90 bits per heavy atom. The van der Waals surface area contributed by atoms with Crippen LogP contribution in [0.4, 0.5) is 5.69 Å². The summed E-state index contributed by atoms with van der Waals surface area (Å²) in [6.45, 7) is 4.63. The molecular weight excluding hydrogens is 250 g/mol. The summed E-state index contributed by atoms with van der Waals surface area (Å²) in [5.41, 5.74) is 1.49. The van der Waals surface area contributed by atoms with E-state index in [0.29, 0.717) is 11.7 Å². The SMILES string of the molecule is CC1CC(C)CC(Nc2ccnc(C(=O)N(C)C)c2)C1. The number of hydrogen-bond acceptors (Lipinski definition) is 3. The molecule has 0 saturated heterocycles. The Morgan fingerprint density at radius 3 is 2.50 bits per heavy atom. The van der Waals surface area contributed by atoms with Gasteiger partial charge >= 0.3 is 0 Å². The average molecular weight is 275 g/mol. The number of nitrogens with zero attached hydrogens (tertiary/aromatic N) is 2. The molecule has 1 saturated carbocycles. The molecule has 2 rings (SSSR count). The minimum atomic E-state index is -0.0565. The Morgan fingerprint density at radius 1 is 1.25 bits per heavy atom. The lowest BCUT2D eigenvalue weighted by Crippen LogP contribution is -2.30. The lowest BCUT2D eigenvalue weighted by molar-refractivity contribution is 0.0822. The molecule has 4 nitrogen and oxygen atoms in total. The van der Waals surface area contributed by atoms with E-state index < -0.39 is 0 Å². The summed E-state index contributed by atoms with van der Waals surface area (Å²) >= 11 is 0. The van der Waals surface area contributed by atoms with Crippen molar-refractivity contribution < 1.29 is 4.79 Å². The summed E-state index contributed by atoms with van der Waals surface area (Å²) in [5, 5.41) is 3.57. The Labute approximate surface area is 121 Å². The van der Waals surface area contributed by atoms with Crippen molar-refractivity contribution in [3.63, 3.8) is 0 Å². The van der Waals surface area contributed by atoms with E-state index in [2.05, 4.69) is 24.1 Å². The minimum Gasteiger partial charge on any atom is -0.382 e. The molecule has 1 aliphatic carbocycles. The van der Waals surface area contributed by atoms with E-state index in [9.17, 15) is 4.79 Å². The summed E-state index contributed by atoms with van der Waals surface area (Å²) in [7, 11) is 3.49. The number of rotatable bonds is 3. The van der Waals surface area contributed by atoms with E-state index in [1.54, 1.807) is 25.2 Å². The van der Waals surface area contributed by atoms with Gasteiger partial charge in [-0.25, -0.2) is 0 Å². The third-order valence-electron chi connectivity index (χ3n) is 3.93. The minimum absolute atomic E-state index is 0.0565. The van der Waals surface area contributed by atoms with Gasteiger partial charge in [-0.05, 0) is 43.2 Å². The predicted octanol–water partition coefficient (Wildman–Crippen LogP) is 3.02. The summed E-state index contributed by atoms with van der Waals surface area (Å²) in [4.78, 5) is 17.6. The summed E-state index contributed by atoms with van der Waals surface area (Å²) in [5.74, 6) is 1.47. The third kappa shape index (κ3) is 3.71. The Kier molecular flexibility index (Phi) is 4.63. The molecule has 0 radical (unpaired) electrons. The first-order chi connectivity index (χ1) is 9.45. The summed E-state index contributed by atoms with van der Waals surface area (Å²) in [6, 6.07) is 4.29. The summed E-state index contributed by atoms with van der Waals surface area (Å²) in [6.07, 6.45) is 5.42. The fraction of sp³-hybridized carbons (Fsp3) is 0.625. The first kappa shape index (κ1) is 14.8. The molecule has 20 heavy (non-hydrogen) atoms. The highest BCUT2D eigenvalue weighted by atomic mass is 16.2. The number of carbonyl (C=O) groups is 1. The second kappa shape index (κ2) is 6.25. The molecule has 110 valence electrons. The van der Waals surface area contributed by atoms with Crippen molar-refractivity contribution in [2.24, 2.45) is 11.8 Å². The van der Waals surface area contributed by atoms with Crippen LogP contribution in [0.1, 0.15) is 43.6 Å². The van der Waals surface area contributed by atoms with Crippen LogP contribution in [-0.4, -0.2) is 35.9 Å². The summed E-state index contributed by atoms with van der Waals surface area (Å²) < 4.78 is 0. The van der Waals surface area contributed by atoms with Crippen LogP contribution in [0, 0.1) is 11.8 Å². The first-order valence-electron chi connectivity index (χ1n) is 7.40. The normalized spacial score (nSPS) is 26.1. The molecule has 2 atom stereocenters. The molecule has 0 aliphatic heterocycles. The molecule has 4 heteroatoms. The van der Waals surface area contributed by atoms with Gasteiger partial charge in [-0.1, -0.05) is 13.8 Å². The smallest absolute Gasteiger partial charge is 0.272 e. The van der Waals surface area contributed by atoms with Gasteiger partial charge in [0.15, 0.2) is 0 Å². The zero-order chi connectivity index (χ0) is 14.7. The van der Waals surface area contributed by atoms with Crippen molar-refractivity contribution in [1.82, 2.24) is 9.88 Å². The van der Waals surface area contributed by atoms with E-state index >= 15 is 0 Å². The molecule has 1 fully saturated rings. The number of carbonyl (C=O) groups excluding carboxylic acids is 1. The van der Waals surface area contributed by atoms with Crippen LogP contribution in [0.15, 0.2) is 18.3 Å². The quantitative estimate of drug-likeness (QED) is 0.922. The Hall–Kier alpha value is -1.58. The van der Waals surface area contributed by atoms with E-state index in [1.165, 1.54) is 19.3 Å². The second-order valence-corrected chi connectivity index (χ2v) is 6.39. The molecule has 0 spiro atoms. The lowest BCUT2D eigenvalue weighted by atomic mass is 9.80. The molecule has 1 N–H and O–H groups in total. The maximum Gasteiger partial charge on any atom is 0.272 e. The standard InChI is InChI=1S/C16H25N3O/c1-11-7-12(2)9-14(8-11)18-13-5-6-17-15(10-13)16(20)19(3)4/h5-6,10-12,14H,7-9H2,1-4H3,(H,17,18). The van der Waals surface area contributed by atoms with Gasteiger partial charge in [0.25, 0.3) is 5.91 Å². The van der Waals surface area contributed by atoms with Crippen LogP contribution in [0.3, 0.4) is 0 Å². The zero-order valence-electron chi connectivity index (χ0n) is 12.9. The highest BCUT2D eigenvalue weighted by Gasteiger charge is 2.23. The van der Waals surface area contributed by atoms with E-state index in [-0.39, 0.29) is 5.91 Å². The monoisotopic (exact) mass is 275 g/mol. The fourth-order valence-electron chi connectivity index (χ4n) is 3.17. The molecule has 0 bridgehead atoms. The lowest BCUT2D eigenvalue weighted by Gasteiger charge is -2.32. The van der Waals surface area contributed by atoms with Gasteiger partial charge in [0.2, 0.25) is 0 Å². The van der Waals surface area contributed by atoms with Gasteiger partial charge in [0, 0.05) is 32.0 Å². The number of nitrogens with one attached hydrogen (secondary N) is 1. The molecule has 1 amide bonds. The van der Waals surface area contributed by atoms with Gasteiger partial charge in [-0.3, -0.25) is 9.78 Å². The second-order valence-electron chi connectivity index (χ2n) is 6.39. The molecule has 0 aromatic carbocycles. The Balaban J connectivity index is 2.06. The van der Waals surface area contributed by atoms with Crippen molar-refractivity contribution in [3.8, 4) is 0 Å². The van der Waals surface area contributed by atoms with Crippen LogP contribution >= 0.6 is 0 Å². The average Bonchev–Trinajstić information content (AvgIpc) is 2.36.